The van der Waals surface area contributed by atoms with Crippen molar-refractivity contribution in [2.24, 2.45) is 5.92 Å². The van der Waals surface area contributed by atoms with Crippen LogP contribution in [0.5, 0.6) is 0 Å². The zero-order valence-corrected chi connectivity index (χ0v) is 17.8. The molecule has 1 aliphatic rings. The molecular formula is C22H22Cl2N4. The van der Waals surface area contributed by atoms with Crippen LogP contribution in [0.1, 0.15) is 29.8 Å². The number of nitrogens with zero attached hydrogens (tertiary/aromatic N) is 4. The molecule has 1 atom stereocenters. The molecule has 3 aromatic rings. The molecule has 1 saturated heterocycles. The second-order valence-corrected chi connectivity index (χ2v) is 8.38. The molecule has 4 rings (SSSR count). The molecule has 28 heavy (non-hydrogen) atoms. The number of halogens is 2. The minimum absolute atomic E-state index is 0.0754. The summed E-state index contributed by atoms with van der Waals surface area (Å²) in [6.07, 6.45) is 2.00. The monoisotopic (exact) mass is 412 g/mol. The van der Waals surface area contributed by atoms with Gasteiger partial charge in [0.15, 0.2) is 0 Å². The van der Waals surface area contributed by atoms with Gasteiger partial charge in [-0.2, -0.15) is 5.26 Å². The molecule has 4 nitrogen and oxygen atoms in total. The van der Waals surface area contributed by atoms with Crippen LogP contribution >= 0.6 is 23.2 Å². The molecule has 0 aliphatic carbocycles. The van der Waals surface area contributed by atoms with Gasteiger partial charge in [-0.25, -0.2) is 4.98 Å². The van der Waals surface area contributed by atoms with Gasteiger partial charge < -0.3 is 4.90 Å². The Morgan fingerprint density at radius 3 is 2.64 bits per heavy atom. The fourth-order valence-electron chi connectivity index (χ4n) is 4.18. The average Bonchev–Trinajstić information content (AvgIpc) is 2.92. The van der Waals surface area contributed by atoms with Crippen LogP contribution in [0.2, 0.25) is 10.0 Å². The van der Waals surface area contributed by atoms with Gasteiger partial charge in [0.2, 0.25) is 0 Å². The lowest BCUT2D eigenvalue weighted by molar-refractivity contribution is 0.494. The van der Waals surface area contributed by atoms with Crippen molar-refractivity contribution in [1.29, 1.82) is 5.26 Å². The molecule has 0 N–H and O–H groups in total. The Balaban J connectivity index is 1.97. The van der Waals surface area contributed by atoms with Crippen LogP contribution < -0.4 is 4.90 Å². The van der Waals surface area contributed by atoms with E-state index >= 15 is 0 Å². The van der Waals surface area contributed by atoms with Gasteiger partial charge in [0.25, 0.3) is 0 Å². The van der Waals surface area contributed by atoms with Crippen molar-refractivity contribution in [2.75, 3.05) is 18.0 Å². The molecule has 2 aromatic heterocycles. The molecule has 144 valence electrons. The summed E-state index contributed by atoms with van der Waals surface area (Å²) in [7, 11) is 0. The molecule has 1 aromatic carbocycles. The fourth-order valence-corrected chi connectivity index (χ4v) is 4.67. The molecular weight excluding hydrogens is 391 g/mol. The van der Waals surface area contributed by atoms with E-state index in [0.717, 1.165) is 59.7 Å². The molecule has 1 unspecified atom stereocenters. The molecule has 0 bridgehead atoms. The van der Waals surface area contributed by atoms with E-state index in [1.807, 2.05) is 19.1 Å². The third-order valence-corrected chi connectivity index (χ3v) is 6.21. The summed E-state index contributed by atoms with van der Waals surface area (Å²) in [5.74, 6) is 0.0754. The van der Waals surface area contributed by atoms with Gasteiger partial charge in [0.1, 0.15) is 5.65 Å². The van der Waals surface area contributed by atoms with Gasteiger partial charge >= 0.3 is 0 Å². The Labute approximate surface area is 175 Å². The second-order valence-electron chi connectivity index (χ2n) is 7.54. The largest absolute Gasteiger partial charge is 0.370 e. The Morgan fingerprint density at radius 2 is 1.93 bits per heavy atom. The predicted octanol–water partition coefficient (Wildman–Crippen LogP) is 6.00. The quantitative estimate of drug-likeness (QED) is 0.518. The van der Waals surface area contributed by atoms with Crippen molar-refractivity contribution in [1.82, 2.24) is 9.55 Å². The molecule has 3 heterocycles. The highest BCUT2D eigenvalue weighted by atomic mass is 35.5. The summed E-state index contributed by atoms with van der Waals surface area (Å²) in [5, 5.41) is 11.8. The number of hydrogen-bond acceptors (Lipinski definition) is 3. The lowest BCUT2D eigenvalue weighted by Crippen LogP contribution is -2.35. The molecule has 6 heteroatoms. The van der Waals surface area contributed by atoms with Gasteiger partial charge in [-0.15, -0.1) is 0 Å². The lowest BCUT2D eigenvalue weighted by atomic mass is 9.98. The Hall–Kier alpha value is -2.22. The van der Waals surface area contributed by atoms with Gasteiger partial charge in [-0.1, -0.05) is 23.2 Å². The molecule has 1 aliphatic heterocycles. The average molecular weight is 413 g/mol. The highest BCUT2D eigenvalue weighted by molar-refractivity contribution is 6.35. The Kier molecular flexibility index (Phi) is 4.99. The first-order valence-corrected chi connectivity index (χ1v) is 10.3. The van der Waals surface area contributed by atoms with Gasteiger partial charge in [-0.3, -0.25) is 4.57 Å². The van der Waals surface area contributed by atoms with Crippen LogP contribution in [-0.2, 0) is 0 Å². The minimum Gasteiger partial charge on any atom is -0.370 e. The molecule has 0 radical (unpaired) electrons. The third kappa shape index (κ3) is 3.13. The zero-order chi connectivity index (χ0) is 20.0. The number of piperidine rings is 1. The maximum atomic E-state index is 9.41. The Bertz CT molecular complexity index is 1110. The number of benzene rings is 1. The van der Waals surface area contributed by atoms with Crippen molar-refractivity contribution in [3.05, 3.63) is 51.3 Å². The van der Waals surface area contributed by atoms with Crippen LogP contribution in [0.15, 0.2) is 24.3 Å². The summed E-state index contributed by atoms with van der Waals surface area (Å²) in [6, 6.07) is 10.1. The normalized spacial score (nSPS) is 17.1. The van der Waals surface area contributed by atoms with E-state index < -0.39 is 0 Å². The van der Waals surface area contributed by atoms with Crippen LogP contribution in [0, 0.1) is 38.0 Å². The van der Waals surface area contributed by atoms with Crippen molar-refractivity contribution < 1.29 is 0 Å². The van der Waals surface area contributed by atoms with Gasteiger partial charge in [0, 0.05) is 40.6 Å². The summed E-state index contributed by atoms with van der Waals surface area (Å²) in [5.41, 5.74) is 6.17. The standard InChI is InChI=1S/C22H22Cl2N4/c1-13-9-20(27-8-4-5-16(11-25)12-27)21-14(2)15(3)28(22(21)26-13)19-7-6-17(23)10-18(19)24/h6-7,9-10,16H,4-5,8,12H2,1-3H3. The predicted molar refractivity (Wildman–Crippen MR) is 116 cm³/mol. The third-order valence-electron chi connectivity index (χ3n) is 5.67. The number of aryl methyl sites for hydroxylation is 2. The first-order valence-electron chi connectivity index (χ1n) is 9.50. The number of anilines is 1. The maximum absolute atomic E-state index is 9.41. The number of nitriles is 1. The van der Waals surface area contributed by atoms with Gasteiger partial charge in [0.05, 0.1) is 22.7 Å². The minimum atomic E-state index is 0.0754. The van der Waals surface area contributed by atoms with Crippen molar-refractivity contribution >= 4 is 39.9 Å². The highest BCUT2D eigenvalue weighted by Crippen LogP contribution is 2.38. The Morgan fingerprint density at radius 1 is 1.14 bits per heavy atom. The SMILES string of the molecule is Cc1cc(N2CCCC(C#N)C2)c2c(C)c(C)n(-c3ccc(Cl)cc3Cl)c2n1. The van der Waals surface area contributed by atoms with E-state index in [0.29, 0.717) is 10.0 Å². The smallest absolute Gasteiger partial charge is 0.147 e. The molecule has 0 amide bonds. The summed E-state index contributed by atoms with van der Waals surface area (Å²) in [4.78, 5) is 7.21. The first-order chi connectivity index (χ1) is 13.4. The van der Waals surface area contributed by atoms with Crippen LogP contribution in [0.25, 0.3) is 16.7 Å². The van der Waals surface area contributed by atoms with E-state index in [9.17, 15) is 5.26 Å². The molecule has 1 fully saturated rings. The molecule has 0 saturated carbocycles. The van der Waals surface area contributed by atoms with Crippen molar-refractivity contribution in [2.45, 2.75) is 33.6 Å². The van der Waals surface area contributed by atoms with E-state index in [1.54, 1.807) is 6.07 Å². The fraction of sp³-hybridized carbons (Fsp3) is 0.364. The van der Waals surface area contributed by atoms with Crippen LogP contribution in [-0.4, -0.2) is 22.6 Å². The maximum Gasteiger partial charge on any atom is 0.147 e. The number of pyridine rings is 1. The lowest BCUT2D eigenvalue weighted by Gasteiger charge is -2.32. The van der Waals surface area contributed by atoms with Crippen LogP contribution in [0.3, 0.4) is 0 Å². The zero-order valence-electron chi connectivity index (χ0n) is 16.3. The first kappa shape index (κ1) is 19.1. The van der Waals surface area contributed by atoms with Crippen molar-refractivity contribution in [3.63, 3.8) is 0 Å². The van der Waals surface area contributed by atoms with Crippen molar-refractivity contribution in [3.8, 4) is 11.8 Å². The van der Waals surface area contributed by atoms with E-state index in [2.05, 4.69) is 35.5 Å². The number of rotatable bonds is 2. The number of fused-ring (bicyclic) bond motifs is 1. The summed E-state index contributed by atoms with van der Waals surface area (Å²) >= 11 is 12.6. The van der Waals surface area contributed by atoms with Crippen LogP contribution in [0.4, 0.5) is 5.69 Å². The summed E-state index contributed by atoms with van der Waals surface area (Å²) in [6.45, 7) is 7.96. The van der Waals surface area contributed by atoms with Gasteiger partial charge in [-0.05, 0) is 63.4 Å². The summed E-state index contributed by atoms with van der Waals surface area (Å²) < 4.78 is 2.12. The van der Waals surface area contributed by atoms with E-state index in [4.69, 9.17) is 28.2 Å². The molecule has 0 spiro atoms. The van der Waals surface area contributed by atoms with E-state index in [1.165, 1.54) is 5.56 Å². The number of hydrogen-bond donors (Lipinski definition) is 0. The highest BCUT2D eigenvalue weighted by Gasteiger charge is 2.25. The number of aromatic nitrogens is 2. The topological polar surface area (TPSA) is 44.9 Å². The second kappa shape index (κ2) is 7.31. The van der Waals surface area contributed by atoms with E-state index in [-0.39, 0.29) is 5.92 Å².